The van der Waals surface area contributed by atoms with Crippen LogP contribution in [0.1, 0.15) is 57.8 Å². The van der Waals surface area contributed by atoms with Gasteiger partial charge in [0.15, 0.2) is 0 Å². The molecule has 0 heterocycles. The molecule has 1 amide bonds. The van der Waals surface area contributed by atoms with Crippen LogP contribution in [0.2, 0.25) is 0 Å². The van der Waals surface area contributed by atoms with Gasteiger partial charge in [-0.05, 0) is 55.8 Å². The zero-order valence-electron chi connectivity index (χ0n) is 11.6. The third-order valence-electron chi connectivity index (χ3n) is 6.34. The van der Waals surface area contributed by atoms with Crippen LogP contribution in [0, 0.1) is 23.7 Å². The summed E-state index contributed by atoms with van der Waals surface area (Å²) in [6, 6.07) is 0.464. The molecule has 0 radical (unpaired) electrons. The van der Waals surface area contributed by atoms with Crippen molar-refractivity contribution in [3.63, 3.8) is 0 Å². The zero-order valence-corrected chi connectivity index (χ0v) is 11.6. The van der Waals surface area contributed by atoms with E-state index in [1.807, 2.05) is 0 Å². The second-order valence-electron chi connectivity index (χ2n) is 7.54. The first-order chi connectivity index (χ1) is 9.16. The summed E-state index contributed by atoms with van der Waals surface area (Å²) in [5.41, 5.74) is -0.703. The Morgan fingerprint density at radius 3 is 2.37 bits per heavy atom. The van der Waals surface area contributed by atoms with Gasteiger partial charge in [-0.1, -0.05) is 19.3 Å². The average Bonchev–Trinajstić information content (AvgIpc) is 2.78. The van der Waals surface area contributed by atoms with Crippen molar-refractivity contribution in [1.29, 1.82) is 0 Å². The fourth-order valence-electron chi connectivity index (χ4n) is 5.44. The summed E-state index contributed by atoms with van der Waals surface area (Å²) in [6.07, 6.45) is 9.51. The summed E-state index contributed by atoms with van der Waals surface area (Å²) in [7, 11) is 0. The molecular weight excluding hydrogens is 238 g/mol. The summed E-state index contributed by atoms with van der Waals surface area (Å²) in [5.74, 6) is 3.49. The molecule has 4 aliphatic carbocycles. The van der Waals surface area contributed by atoms with Gasteiger partial charge in [0.2, 0.25) is 5.91 Å². The Kier molecular flexibility index (Phi) is 2.70. The van der Waals surface area contributed by atoms with Gasteiger partial charge in [-0.2, -0.15) is 0 Å². The summed E-state index contributed by atoms with van der Waals surface area (Å²) >= 11 is 0. The number of amides is 1. The number of fused-ring (bicyclic) bond motifs is 5. The minimum absolute atomic E-state index is 0.100. The third-order valence-corrected chi connectivity index (χ3v) is 6.34. The van der Waals surface area contributed by atoms with Gasteiger partial charge in [0.25, 0.3) is 0 Å². The smallest absolute Gasteiger partial charge is 0.223 e. The van der Waals surface area contributed by atoms with Crippen LogP contribution in [0.15, 0.2) is 0 Å². The van der Waals surface area contributed by atoms with Crippen LogP contribution < -0.4 is 5.32 Å². The minimum Gasteiger partial charge on any atom is -0.389 e. The van der Waals surface area contributed by atoms with Gasteiger partial charge >= 0.3 is 0 Å². The molecule has 3 heteroatoms. The van der Waals surface area contributed by atoms with Crippen LogP contribution in [-0.4, -0.2) is 22.7 Å². The quantitative estimate of drug-likeness (QED) is 0.820. The molecule has 2 N–H and O–H groups in total. The maximum Gasteiger partial charge on any atom is 0.223 e. The van der Waals surface area contributed by atoms with Crippen molar-refractivity contribution in [2.45, 2.75) is 69.4 Å². The van der Waals surface area contributed by atoms with E-state index in [0.717, 1.165) is 49.4 Å². The Balaban J connectivity index is 1.31. The van der Waals surface area contributed by atoms with Crippen molar-refractivity contribution in [2.24, 2.45) is 23.7 Å². The van der Waals surface area contributed by atoms with Crippen LogP contribution >= 0.6 is 0 Å². The molecule has 0 aromatic rings. The topological polar surface area (TPSA) is 49.3 Å². The Bertz CT molecular complexity index is 372. The normalized spacial score (nSPS) is 45.8. The molecule has 106 valence electrons. The number of nitrogens with one attached hydrogen (secondary N) is 1. The predicted octanol–water partition coefficient (Wildman–Crippen LogP) is 2.23. The molecule has 4 atom stereocenters. The van der Waals surface area contributed by atoms with Crippen LogP contribution in [0.25, 0.3) is 0 Å². The molecule has 4 rings (SSSR count). The number of aliphatic hydroxyl groups is 1. The summed E-state index contributed by atoms with van der Waals surface area (Å²) in [4.78, 5) is 12.2. The predicted molar refractivity (Wildman–Crippen MR) is 72.4 cm³/mol. The van der Waals surface area contributed by atoms with Gasteiger partial charge in [-0.15, -0.1) is 0 Å². The Labute approximate surface area is 115 Å². The molecule has 0 saturated heterocycles. The van der Waals surface area contributed by atoms with E-state index in [0.29, 0.717) is 12.5 Å². The maximum absolute atomic E-state index is 12.2. The van der Waals surface area contributed by atoms with Crippen LogP contribution in [-0.2, 0) is 4.79 Å². The van der Waals surface area contributed by atoms with Gasteiger partial charge in [0.05, 0.1) is 12.0 Å². The molecule has 2 bridgehead atoms. The highest BCUT2D eigenvalue weighted by Crippen LogP contribution is 2.65. The van der Waals surface area contributed by atoms with E-state index < -0.39 is 5.60 Å². The second kappa shape index (κ2) is 4.21. The minimum atomic E-state index is -0.703. The van der Waals surface area contributed by atoms with Crippen molar-refractivity contribution >= 4 is 5.91 Å². The lowest BCUT2D eigenvalue weighted by Gasteiger charge is -2.31. The largest absolute Gasteiger partial charge is 0.389 e. The summed E-state index contributed by atoms with van der Waals surface area (Å²) < 4.78 is 0. The first-order valence-electron chi connectivity index (χ1n) is 8.18. The molecule has 0 aliphatic heterocycles. The second-order valence-corrected chi connectivity index (χ2v) is 7.54. The molecule has 4 fully saturated rings. The van der Waals surface area contributed by atoms with E-state index in [4.69, 9.17) is 0 Å². The molecule has 0 aromatic carbocycles. The molecule has 4 saturated carbocycles. The zero-order chi connectivity index (χ0) is 13.0. The van der Waals surface area contributed by atoms with E-state index in [1.165, 1.54) is 25.7 Å². The van der Waals surface area contributed by atoms with E-state index in [2.05, 4.69) is 5.32 Å². The van der Waals surface area contributed by atoms with Gasteiger partial charge in [-0.25, -0.2) is 0 Å². The van der Waals surface area contributed by atoms with Crippen molar-refractivity contribution in [1.82, 2.24) is 5.32 Å². The number of carbonyl (C=O) groups excluding carboxylic acids is 1. The van der Waals surface area contributed by atoms with Crippen LogP contribution in [0.3, 0.4) is 0 Å². The standard InChI is InChI=1S/C16H25NO2/c18-12(9-16(19)6-2-1-3-7-16)17-15-13-10-4-5-11(8-10)14(13)15/h10-11,13-15,19H,1-9H2,(H,17,18). The molecule has 4 unspecified atom stereocenters. The lowest BCUT2D eigenvalue weighted by Crippen LogP contribution is -2.40. The number of rotatable bonds is 3. The molecule has 3 nitrogen and oxygen atoms in total. The summed E-state index contributed by atoms with van der Waals surface area (Å²) in [5, 5.41) is 13.7. The lowest BCUT2D eigenvalue weighted by molar-refractivity contribution is -0.127. The highest BCUT2D eigenvalue weighted by molar-refractivity contribution is 5.78. The van der Waals surface area contributed by atoms with Crippen molar-refractivity contribution in [3.8, 4) is 0 Å². The highest BCUT2D eigenvalue weighted by Gasteiger charge is 2.65. The number of carbonyl (C=O) groups is 1. The van der Waals surface area contributed by atoms with Crippen molar-refractivity contribution in [3.05, 3.63) is 0 Å². The average molecular weight is 263 g/mol. The fourth-order valence-corrected chi connectivity index (χ4v) is 5.44. The third kappa shape index (κ3) is 2.01. The molecule has 0 spiro atoms. The highest BCUT2D eigenvalue weighted by atomic mass is 16.3. The first-order valence-corrected chi connectivity index (χ1v) is 8.18. The van der Waals surface area contributed by atoms with E-state index in [-0.39, 0.29) is 5.91 Å². The molecular formula is C16H25NO2. The van der Waals surface area contributed by atoms with Gasteiger partial charge < -0.3 is 10.4 Å². The van der Waals surface area contributed by atoms with Crippen LogP contribution in [0.5, 0.6) is 0 Å². The van der Waals surface area contributed by atoms with Crippen molar-refractivity contribution in [2.75, 3.05) is 0 Å². The Morgan fingerprint density at radius 2 is 1.74 bits per heavy atom. The van der Waals surface area contributed by atoms with E-state index in [9.17, 15) is 9.90 Å². The van der Waals surface area contributed by atoms with Gasteiger partial charge in [0.1, 0.15) is 0 Å². The monoisotopic (exact) mass is 263 g/mol. The van der Waals surface area contributed by atoms with Crippen molar-refractivity contribution < 1.29 is 9.90 Å². The molecule has 0 aromatic heterocycles. The maximum atomic E-state index is 12.2. The van der Waals surface area contributed by atoms with Gasteiger partial charge in [-0.3, -0.25) is 4.79 Å². The number of hydrogen-bond acceptors (Lipinski definition) is 2. The molecule has 19 heavy (non-hydrogen) atoms. The first kappa shape index (κ1) is 12.2. The fraction of sp³-hybridized carbons (Fsp3) is 0.938. The number of hydrogen-bond donors (Lipinski definition) is 2. The molecule has 4 aliphatic rings. The Hall–Kier alpha value is -0.570. The summed E-state index contributed by atoms with van der Waals surface area (Å²) in [6.45, 7) is 0. The van der Waals surface area contributed by atoms with Crippen LogP contribution in [0.4, 0.5) is 0 Å². The van der Waals surface area contributed by atoms with E-state index in [1.54, 1.807) is 0 Å². The van der Waals surface area contributed by atoms with E-state index >= 15 is 0 Å². The van der Waals surface area contributed by atoms with Gasteiger partial charge in [0, 0.05) is 6.04 Å². The lowest BCUT2D eigenvalue weighted by atomic mass is 9.82. The SMILES string of the molecule is O=C(CC1(O)CCCCC1)NC1C2C3CCC(C3)C12. The Morgan fingerprint density at radius 1 is 1.11 bits per heavy atom.